The third kappa shape index (κ3) is 1.44. The highest BCUT2D eigenvalue weighted by Crippen LogP contribution is 2.32. The Labute approximate surface area is 80.0 Å². The second kappa shape index (κ2) is 3.07. The number of nitrogen functional groups attached to an aromatic ring is 1. The zero-order valence-corrected chi connectivity index (χ0v) is 8.66. The summed E-state index contributed by atoms with van der Waals surface area (Å²) in [5, 5.41) is 0.549. The zero-order chi connectivity index (χ0) is 7.72. The Morgan fingerprint density at radius 3 is 2.60 bits per heavy atom. The third-order valence-corrected chi connectivity index (χ3v) is 3.20. The summed E-state index contributed by atoms with van der Waals surface area (Å²) >= 11 is 12.1. The molecule has 0 unspecified atom stereocenters. The van der Waals surface area contributed by atoms with Crippen LogP contribution in [-0.2, 0) is 0 Å². The van der Waals surface area contributed by atoms with E-state index in [2.05, 4.69) is 36.8 Å². The molecule has 2 N–H and O–H groups in total. The Hall–Kier alpha value is 0.200. The Morgan fingerprint density at radius 2 is 2.10 bits per heavy atom. The lowest BCUT2D eigenvalue weighted by Crippen LogP contribution is -1.91. The maximum Gasteiger partial charge on any atom is 0.139 e. The molecule has 0 aliphatic carbocycles. The van der Waals surface area contributed by atoms with Crippen molar-refractivity contribution < 1.29 is 0 Å². The van der Waals surface area contributed by atoms with Crippen LogP contribution in [-0.4, -0.2) is 4.98 Å². The highest BCUT2D eigenvalue weighted by molar-refractivity contribution is 9.11. The van der Waals surface area contributed by atoms with Gasteiger partial charge in [0.05, 0.1) is 14.0 Å². The molecule has 0 aliphatic heterocycles. The van der Waals surface area contributed by atoms with Gasteiger partial charge >= 0.3 is 0 Å². The molecule has 0 aliphatic rings. The first-order valence-electron chi connectivity index (χ1n) is 2.38. The lowest BCUT2D eigenvalue weighted by molar-refractivity contribution is 1.30. The van der Waals surface area contributed by atoms with Crippen molar-refractivity contribution in [2.75, 3.05) is 5.73 Å². The number of rotatable bonds is 0. The molecule has 0 bridgehead atoms. The molecular formula is C5H3Br2ClN2. The smallest absolute Gasteiger partial charge is 0.139 e. The molecule has 1 heterocycles. The van der Waals surface area contributed by atoms with Crippen LogP contribution in [0.1, 0.15) is 0 Å². The quantitative estimate of drug-likeness (QED) is 0.796. The Morgan fingerprint density at radius 1 is 1.50 bits per heavy atom. The highest BCUT2D eigenvalue weighted by Gasteiger charge is 2.05. The lowest BCUT2D eigenvalue weighted by atomic mass is 10.5. The zero-order valence-electron chi connectivity index (χ0n) is 4.74. The van der Waals surface area contributed by atoms with Crippen molar-refractivity contribution in [1.82, 2.24) is 4.98 Å². The van der Waals surface area contributed by atoms with Gasteiger partial charge in [0.25, 0.3) is 0 Å². The Bertz CT molecular complexity index is 237. The maximum atomic E-state index is 5.77. The van der Waals surface area contributed by atoms with Gasteiger partial charge in [-0.05, 0) is 31.9 Å². The molecule has 1 aromatic rings. The van der Waals surface area contributed by atoms with Crippen LogP contribution in [0.5, 0.6) is 0 Å². The number of halogens is 3. The largest absolute Gasteiger partial charge is 0.383 e. The van der Waals surface area contributed by atoms with E-state index < -0.39 is 0 Å². The van der Waals surface area contributed by atoms with Gasteiger partial charge in [0.2, 0.25) is 0 Å². The van der Waals surface area contributed by atoms with Crippen molar-refractivity contribution in [1.29, 1.82) is 0 Å². The van der Waals surface area contributed by atoms with Crippen LogP contribution in [0.4, 0.5) is 5.82 Å². The predicted molar refractivity (Wildman–Crippen MR) is 49.1 cm³/mol. The molecule has 0 spiro atoms. The van der Waals surface area contributed by atoms with Gasteiger partial charge in [-0.15, -0.1) is 0 Å². The minimum absolute atomic E-state index is 0.396. The first-order chi connectivity index (χ1) is 4.63. The minimum Gasteiger partial charge on any atom is -0.383 e. The summed E-state index contributed by atoms with van der Waals surface area (Å²) in [6.07, 6.45) is 1.56. The van der Waals surface area contributed by atoms with E-state index in [0.717, 1.165) is 4.47 Å². The fourth-order valence-corrected chi connectivity index (χ4v) is 1.49. The molecule has 54 valence electrons. The van der Waals surface area contributed by atoms with Crippen molar-refractivity contribution in [2.24, 2.45) is 0 Å². The molecule has 5 heteroatoms. The van der Waals surface area contributed by atoms with E-state index in [4.69, 9.17) is 17.3 Å². The van der Waals surface area contributed by atoms with E-state index in [-0.39, 0.29) is 0 Å². The molecule has 0 radical (unpaired) electrons. The minimum atomic E-state index is 0.396. The van der Waals surface area contributed by atoms with E-state index in [1.807, 2.05) is 0 Å². The van der Waals surface area contributed by atoms with Gasteiger partial charge in [-0.25, -0.2) is 4.98 Å². The predicted octanol–water partition coefficient (Wildman–Crippen LogP) is 2.84. The normalized spacial score (nSPS) is 9.90. The van der Waals surface area contributed by atoms with E-state index in [1.54, 1.807) is 6.20 Å². The first kappa shape index (κ1) is 8.30. The van der Waals surface area contributed by atoms with Crippen LogP contribution >= 0.6 is 43.5 Å². The summed E-state index contributed by atoms with van der Waals surface area (Å²) in [4.78, 5) is 3.84. The molecule has 0 atom stereocenters. The summed E-state index contributed by atoms with van der Waals surface area (Å²) in [6, 6.07) is 0. The average Bonchev–Trinajstić information content (AvgIpc) is 1.93. The molecule has 0 fully saturated rings. The van der Waals surface area contributed by atoms with Crippen LogP contribution < -0.4 is 5.73 Å². The summed E-state index contributed by atoms with van der Waals surface area (Å²) in [6.45, 7) is 0. The number of anilines is 1. The molecule has 0 saturated heterocycles. The van der Waals surface area contributed by atoms with E-state index >= 15 is 0 Å². The number of hydrogen-bond acceptors (Lipinski definition) is 2. The van der Waals surface area contributed by atoms with Gasteiger partial charge in [-0.3, -0.25) is 0 Å². The van der Waals surface area contributed by atoms with Crippen molar-refractivity contribution in [3.63, 3.8) is 0 Å². The summed E-state index contributed by atoms with van der Waals surface area (Å²) in [7, 11) is 0. The molecule has 1 rings (SSSR count). The van der Waals surface area contributed by atoms with Gasteiger partial charge in [0.1, 0.15) is 5.82 Å². The monoisotopic (exact) mass is 284 g/mol. The fraction of sp³-hybridized carbons (Fsp3) is 0. The van der Waals surface area contributed by atoms with Crippen molar-refractivity contribution in [2.45, 2.75) is 0 Å². The van der Waals surface area contributed by atoms with Crippen molar-refractivity contribution in [3.8, 4) is 0 Å². The Kier molecular flexibility index (Phi) is 2.55. The molecule has 0 amide bonds. The Balaban J connectivity index is 3.34. The standard InChI is InChI=1S/C5H3Br2ClN2/c6-2-1-10-5(9)3(7)4(2)8/h1H,(H2,9,10). The van der Waals surface area contributed by atoms with E-state index in [1.165, 1.54) is 0 Å². The van der Waals surface area contributed by atoms with Crippen LogP contribution in [0, 0.1) is 0 Å². The number of hydrogen-bond donors (Lipinski definition) is 1. The summed E-state index contributed by atoms with van der Waals surface area (Å²) < 4.78 is 1.36. The summed E-state index contributed by atoms with van der Waals surface area (Å²) in [5.74, 6) is 0.396. The van der Waals surface area contributed by atoms with Gasteiger partial charge in [0, 0.05) is 6.20 Å². The van der Waals surface area contributed by atoms with Crippen LogP contribution in [0.2, 0.25) is 5.02 Å². The number of pyridine rings is 1. The second-order valence-electron chi connectivity index (χ2n) is 1.62. The average molecular weight is 286 g/mol. The first-order valence-corrected chi connectivity index (χ1v) is 4.34. The van der Waals surface area contributed by atoms with Gasteiger partial charge in [-0.2, -0.15) is 0 Å². The highest BCUT2D eigenvalue weighted by atomic mass is 79.9. The molecule has 0 aromatic carbocycles. The van der Waals surface area contributed by atoms with E-state index in [0.29, 0.717) is 15.3 Å². The summed E-state index contributed by atoms with van der Waals surface area (Å²) in [5.41, 5.74) is 5.43. The van der Waals surface area contributed by atoms with Crippen LogP contribution in [0.15, 0.2) is 15.1 Å². The van der Waals surface area contributed by atoms with Gasteiger partial charge in [-0.1, -0.05) is 11.6 Å². The molecule has 1 aromatic heterocycles. The molecular weight excluding hydrogens is 283 g/mol. The van der Waals surface area contributed by atoms with E-state index in [9.17, 15) is 0 Å². The van der Waals surface area contributed by atoms with Crippen LogP contribution in [0.3, 0.4) is 0 Å². The van der Waals surface area contributed by atoms with Crippen molar-refractivity contribution >= 4 is 49.3 Å². The second-order valence-corrected chi connectivity index (χ2v) is 3.64. The molecule has 0 saturated carbocycles. The van der Waals surface area contributed by atoms with Gasteiger partial charge < -0.3 is 5.73 Å². The van der Waals surface area contributed by atoms with Crippen molar-refractivity contribution in [3.05, 3.63) is 20.2 Å². The lowest BCUT2D eigenvalue weighted by Gasteiger charge is -1.99. The molecule has 10 heavy (non-hydrogen) atoms. The topological polar surface area (TPSA) is 38.9 Å². The third-order valence-electron chi connectivity index (χ3n) is 0.944. The van der Waals surface area contributed by atoms with Gasteiger partial charge in [0.15, 0.2) is 0 Å². The maximum absolute atomic E-state index is 5.77. The number of nitrogens with two attached hydrogens (primary N) is 1. The molecule has 2 nitrogen and oxygen atoms in total. The fourth-order valence-electron chi connectivity index (χ4n) is 0.457. The number of nitrogens with zero attached hydrogens (tertiary/aromatic N) is 1. The van der Waals surface area contributed by atoms with Crippen LogP contribution in [0.25, 0.3) is 0 Å². The SMILES string of the molecule is Nc1ncc(Br)c(Cl)c1Br. The number of aromatic nitrogens is 1.